The first-order valence-electron chi connectivity index (χ1n) is 7.05. The van der Waals surface area contributed by atoms with Gasteiger partial charge in [-0.15, -0.1) is 0 Å². The van der Waals surface area contributed by atoms with Crippen LogP contribution in [0.1, 0.15) is 25.3 Å². The van der Waals surface area contributed by atoms with E-state index in [1.165, 1.54) is 0 Å². The van der Waals surface area contributed by atoms with E-state index in [4.69, 9.17) is 4.74 Å². The summed E-state index contributed by atoms with van der Waals surface area (Å²) in [6, 6.07) is 6.66. The highest BCUT2D eigenvalue weighted by Crippen LogP contribution is 2.48. The van der Waals surface area contributed by atoms with Crippen molar-refractivity contribution < 1.29 is 19.4 Å². The fraction of sp³-hybridized carbons (Fsp3) is 0.467. The number of urea groups is 1. The van der Waals surface area contributed by atoms with Crippen LogP contribution in [0.25, 0.3) is 0 Å². The average molecular weight is 292 g/mol. The van der Waals surface area contributed by atoms with Gasteiger partial charge in [0.2, 0.25) is 0 Å². The van der Waals surface area contributed by atoms with Gasteiger partial charge in [0.05, 0.1) is 12.0 Å². The smallest absolute Gasteiger partial charge is 0.319 e. The third kappa shape index (κ3) is 3.72. The molecular formula is C15H20N2O4. The third-order valence-corrected chi connectivity index (χ3v) is 3.59. The minimum absolute atomic E-state index is 0.304. The Morgan fingerprint density at radius 2 is 1.95 bits per heavy atom. The maximum atomic E-state index is 11.6. The van der Waals surface area contributed by atoms with E-state index in [2.05, 4.69) is 10.6 Å². The molecule has 21 heavy (non-hydrogen) atoms. The second-order valence-corrected chi connectivity index (χ2v) is 5.04. The second kappa shape index (κ2) is 6.58. The Labute approximate surface area is 123 Å². The summed E-state index contributed by atoms with van der Waals surface area (Å²) >= 11 is 0. The van der Waals surface area contributed by atoms with Gasteiger partial charge in [0, 0.05) is 18.8 Å². The summed E-state index contributed by atoms with van der Waals surface area (Å²) in [6.45, 7) is 3.44. The first kappa shape index (κ1) is 15.3. The van der Waals surface area contributed by atoms with Crippen molar-refractivity contribution in [3.63, 3.8) is 0 Å². The molecule has 6 heteroatoms. The van der Waals surface area contributed by atoms with Gasteiger partial charge in [-0.1, -0.05) is 12.1 Å². The molecule has 2 amide bonds. The highest BCUT2D eigenvalue weighted by molar-refractivity contribution is 5.89. The summed E-state index contributed by atoms with van der Waals surface area (Å²) in [5, 5.41) is 14.6. The van der Waals surface area contributed by atoms with E-state index < -0.39 is 11.4 Å². The number of nitrogens with one attached hydrogen (secondary N) is 2. The Morgan fingerprint density at radius 3 is 2.48 bits per heavy atom. The summed E-state index contributed by atoms with van der Waals surface area (Å²) in [4.78, 5) is 22.8. The SMILES string of the molecule is CCOCCNC(=O)Nc1ccc(C2(C(=O)O)CC2)cc1. The Kier molecular flexibility index (Phi) is 4.80. The fourth-order valence-corrected chi connectivity index (χ4v) is 2.18. The summed E-state index contributed by atoms with van der Waals surface area (Å²) < 4.78 is 5.12. The molecule has 1 aliphatic carbocycles. The zero-order valence-electron chi connectivity index (χ0n) is 12.0. The van der Waals surface area contributed by atoms with Crippen LogP contribution in [-0.4, -0.2) is 36.9 Å². The van der Waals surface area contributed by atoms with Crippen LogP contribution in [0.3, 0.4) is 0 Å². The summed E-state index contributed by atoms with van der Waals surface area (Å²) in [5.74, 6) is -0.781. The maximum Gasteiger partial charge on any atom is 0.319 e. The third-order valence-electron chi connectivity index (χ3n) is 3.59. The number of amides is 2. The van der Waals surface area contributed by atoms with Crippen LogP contribution in [0.15, 0.2) is 24.3 Å². The topological polar surface area (TPSA) is 87.7 Å². The number of aliphatic carboxylic acids is 1. The van der Waals surface area contributed by atoms with Crippen molar-refractivity contribution in [1.82, 2.24) is 5.32 Å². The predicted molar refractivity (Wildman–Crippen MR) is 78.5 cm³/mol. The summed E-state index contributed by atoms with van der Waals surface area (Å²) in [6.07, 6.45) is 1.35. The van der Waals surface area contributed by atoms with Crippen molar-refractivity contribution in [3.8, 4) is 0 Å². The molecule has 0 radical (unpaired) electrons. The molecule has 0 aromatic heterocycles. The zero-order valence-corrected chi connectivity index (χ0v) is 12.0. The minimum atomic E-state index is -0.781. The van der Waals surface area contributed by atoms with Crippen LogP contribution < -0.4 is 10.6 Å². The normalized spacial score (nSPS) is 15.3. The highest BCUT2D eigenvalue weighted by Gasteiger charge is 2.51. The highest BCUT2D eigenvalue weighted by atomic mass is 16.5. The molecule has 0 unspecified atom stereocenters. The lowest BCUT2D eigenvalue weighted by molar-refractivity contribution is -0.140. The molecule has 0 atom stereocenters. The molecule has 1 aromatic rings. The van der Waals surface area contributed by atoms with Crippen LogP contribution in [-0.2, 0) is 14.9 Å². The molecule has 1 aromatic carbocycles. The van der Waals surface area contributed by atoms with Crippen molar-refractivity contribution in [2.75, 3.05) is 25.1 Å². The van der Waals surface area contributed by atoms with Crippen molar-refractivity contribution in [3.05, 3.63) is 29.8 Å². The zero-order chi connectivity index (χ0) is 15.3. The monoisotopic (exact) mass is 292 g/mol. The standard InChI is InChI=1S/C15H20N2O4/c1-2-21-10-9-16-14(20)17-12-5-3-11(4-6-12)15(7-8-15)13(18)19/h3-6H,2,7-10H2,1H3,(H,18,19)(H2,16,17,20). The Bertz CT molecular complexity index is 509. The van der Waals surface area contributed by atoms with E-state index >= 15 is 0 Å². The van der Waals surface area contributed by atoms with Crippen LogP contribution in [0.4, 0.5) is 10.5 Å². The van der Waals surface area contributed by atoms with Gasteiger partial charge in [-0.3, -0.25) is 4.79 Å². The Hall–Kier alpha value is -2.08. The summed E-state index contributed by atoms with van der Waals surface area (Å²) in [5.41, 5.74) is 0.712. The number of carbonyl (C=O) groups is 2. The van der Waals surface area contributed by atoms with Gasteiger partial charge >= 0.3 is 12.0 Å². The molecule has 2 rings (SSSR count). The molecule has 0 heterocycles. The van der Waals surface area contributed by atoms with Crippen LogP contribution >= 0.6 is 0 Å². The van der Waals surface area contributed by atoms with Gasteiger partial charge in [0.25, 0.3) is 0 Å². The number of rotatable bonds is 7. The molecule has 114 valence electrons. The van der Waals surface area contributed by atoms with E-state index in [9.17, 15) is 14.7 Å². The van der Waals surface area contributed by atoms with E-state index in [-0.39, 0.29) is 6.03 Å². The largest absolute Gasteiger partial charge is 0.481 e. The second-order valence-electron chi connectivity index (χ2n) is 5.04. The molecule has 0 spiro atoms. The number of carbonyl (C=O) groups excluding carboxylic acids is 1. The number of hydrogen-bond donors (Lipinski definition) is 3. The molecule has 1 saturated carbocycles. The number of benzene rings is 1. The lowest BCUT2D eigenvalue weighted by atomic mass is 9.96. The van der Waals surface area contributed by atoms with Crippen molar-refractivity contribution >= 4 is 17.7 Å². The quantitative estimate of drug-likeness (QED) is 0.670. The van der Waals surface area contributed by atoms with E-state index in [1.54, 1.807) is 24.3 Å². The molecule has 0 aliphatic heterocycles. The van der Waals surface area contributed by atoms with Crippen LogP contribution in [0.2, 0.25) is 0 Å². The average Bonchev–Trinajstić information content (AvgIpc) is 3.26. The molecule has 3 N–H and O–H groups in total. The lowest BCUT2D eigenvalue weighted by Crippen LogP contribution is -2.31. The number of carboxylic acid groups (broad SMARTS) is 1. The van der Waals surface area contributed by atoms with Gasteiger partial charge in [-0.2, -0.15) is 0 Å². The first-order chi connectivity index (χ1) is 10.1. The summed E-state index contributed by atoms with van der Waals surface area (Å²) in [7, 11) is 0. The lowest BCUT2D eigenvalue weighted by Gasteiger charge is -2.12. The van der Waals surface area contributed by atoms with Gasteiger partial charge in [0.15, 0.2) is 0 Å². The molecular weight excluding hydrogens is 272 g/mol. The van der Waals surface area contributed by atoms with Gasteiger partial charge in [-0.25, -0.2) is 4.79 Å². The predicted octanol–water partition coefficient (Wildman–Crippen LogP) is 1.96. The number of carboxylic acids is 1. The first-order valence-corrected chi connectivity index (χ1v) is 7.05. The van der Waals surface area contributed by atoms with Crippen molar-refractivity contribution in [2.45, 2.75) is 25.2 Å². The molecule has 1 aliphatic rings. The minimum Gasteiger partial charge on any atom is -0.481 e. The number of hydrogen-bond acceptors (Lipinski definition) is 3. The number of anilines is 1. The van der Waals surface area contributed by atoms with Crippen LogP contribution in [0.5, 0.6) is 0 Å². The Morgan fingerprint density at radius 1 is 1.29 bits per heavy atom. The maximum absolute atomic E-state index is 11.6. The molecule has 6 nitrogen and oxygen atoms in total. The van der Waals surface area contributed by atoms with Crippen LogP contribution in [0, 0.1) is 0 Å². The van der Waals surface area contributed by atoms with E-state index in [1.807, 2.05) is 6.92 Å². The van der Waals surface area contributed by atoms with E-state index in [0.29, 0.717) is 38.3 Å². The molecule has 0 bridgehead atoms. The molecule has 0 saturated heterocycles. The Balaban J connectivity index is 1.85. The van der Waals surface area contributed by atoms with Gasteiger partial charge in [0.1, 0.15) is 0 Å². The van der Waals surface area contributed by atoms with E-state index in [0.717, 1.165) is 5.56 Å². The number of ether oxygens (including phenoxy) is 1. The van der Waals surface area contributed by atoms with Crippen molar-refractivity contribution in [1.29, 1.82) is 0 Å². The van der Waals surface area contributed by atoms with Gasteiger partial charge in [-0.05, 0) is 37.5 Å². The fourth-order valence-electron chi connectivity index (χ4n) is 2.18. The van der Waals surface area contributed by atoms with Gasteiger partial charge < -0.3 is 20.5 Å². The van der Waals surface area contributed by atoms with Crippen molar-refractivity contribution in [2.24, 2.45) is 0 Å². The molecule has 1 fully saturated rings.